The van der Waals surface area contributed by atoms with Crippen LogP contribution in [0.4, 0.5) is 5.69 Å². The predicted molar refractivity (Wildman–Crippen MR) is 106 cm³/mol. The molecule has 0 bridgehead atoms. The van der Waals surface area contributed by atoms with Gasteiger partial charge in [-0.25, -0.2) is 13.1 Å². The Balaban J connectivity index is 1.70. The second-order valence-electron chi connectivity index (χ2n) is 5.80. The van der Waals surface area contributed by atoms with Crippen LogP contribution in [0.15, 0.2) is 52.9 Å². The number of likely N-dealkylation sites (N-methyl/N-ethyl adjacent to an activating group) is 1. The molecule has 3 aromatic rings. The zero-order chi connectivity index (χ0) is 19.6. The molecule has 10 heteroatoms. The Morgan fingerprint density at radius 1 is 1.30 bits per heavy atom. The molecule has 0 saturated heterocycles. The maximum Gasteiger partial charge on any atom is 0.252 e. The molecule has 1 amide bonds. The number of aryl methyl sites for hydroxylation is 1. The van der Waals surface area contributed by atoms with E-state index in [-0.39, 0.29) is 10.8 Å². The number of hydrogen-bond donors (Lipinski definition) is 1. The van der Waals surface area contributed by atoms with E-state index in [9.17, 15) is 13.2 Å². The zero-order valence-corrected chi connectivity index (χ0v) is 17.0. The maximum absolute atomic E-state index is 12.5. The minimum Gasteiger partial charge on any atom is -0.325 e. The normalized spacial score (nSPS) is 11.7. The monoisotopic (exact) mass is 424 g/mol. The lowest BCUT2D eigenvalue weighted by molar-refractivity contribution is -0.116. The number of thiophene rings is 1. The second-order valence-corrected chi connectivity index (χ2v) is 9.79. The van der Waals surface area contributed by atoms with Crippen LogP contribution in [0.1, 0.15) is 5.69 Å². The van der Waals surface area contributed by atoms with Crippen LogP contribution in [0.25, 0.3) is 5.69 Å². The van der Waals surface area contributed by atoms with Crippen LogP contribution in [0.5, 0.6) is 0 Å². The van der Waals surface area contributed by atoms with Gasteiger partial charge in [0.05, 0.1) is 16.6 Å². The molecule has 1 N–H and O–H groups in total. The highest BCUT2D eigenvalue weighted by atomic mass is 35.5. The molecule has 2 heterocycles. The Bertz CT molecular complexity index is 1080. The number of halogens is 1. The first-order valence-electron chi connectivity index (χ1n) is 7.90. The average Bonchev–Trinajstić information content (AvgIpc) is 3.23. The molecule has 0 aliphatic heterocycles. The molecule has 0 saturated carbocycles. The third kappa shape index (κ3) is 4.38. The first-order valence-corrected chi connectivity index (χ1v) is 10.5. The molecule has 142 valence electrons. The Labute approximate surface area is 166 Å². The fourth-order valence-corrected chi connectivity index (χ4v) is 5.25. The van der Waals surface area contributed by atoms with E-state index in [4.69, 9.17) is 11.6 Å². The van der Waals surface area contributed by atoms with Gasteiger partial charge >= 0.3 is 0 Å². The van der Waals surface area contributed by atoms with Crippen molar-refractivity contribution in [1.82, 2.24) is 14.1 Å². The first kappa shape index (κ1) is 19.6. The van der Waals surface area contributed by atoms with Crippen LogP contribution in [-0.2, 0) is 14.8 Å². The molecule has 2 aromatic heterocycles. The van der Waals surface area contributed by atoms with E-state index in [0.717, 1.165) is 27.0 Å². The van der Waals surface area contributed by atoms with Crippen molar-refractivity contribution in [3.05, 3.63) is 58.7 Å². The highest BCUT2D eigenvalue weighted by molar-refractivity contribution is 7.91. The second kappa shape index (κ2) is 7.81. The van der Waals surface area contributed by atoms with Crippen molar-refractivity contribution in [3.8, 4) is 5.69 Å². The van der Waals surface area contributed by atoms with Gasteiger partial charge in [0.2, 0.25) is 5.91 Å². The van der Waals surface area contributed by atoms with Crippen LogP contribution in [0, 0.1) is 6.92 Å². The molecule has 0 atom stereocenters. The maximum atomic E-state index is 12.5. The molecule has 0 spiro atoms. The lowest BCUT2D eigenvalue weighted by Gasteiger charge is -2.16. The summed E-state index contributed by atoms with van der Waals surface area (Å²) in [7, 11) is -2.41. The summed E-state index contributed by atoms with van der Waals surface area (Å²) in [5.41, 5.74) is 2.31. The van der Waals surface area contributed by atoms with E-state index in [0.29, 0.717) is 10.0 Å². The smallest absolute Gasteiger partial charge is 0.252 e. The molecule has 7 nitrogen and oxygen atoms in total. The Morgan fingerprint density at radius 2 is 2.07 bits per heavy atom. The van der Waals surface area contributed by atoms with Gasteiger partial charge in [-0.1, -0.05) is 17.7 Å². The van der Waals surface area contributed by atoms with Gasteiger partial charge in [0.25, 0.3) is 10.0 Å². The lowest BCUT2D eigenvalue weighted by atomic mass is 10.2. The summed E-state index contributed by atoms with van der Waals surface area (Å²) in [5, 5.41) is 6.94. The molecule has 0 unspecified atom stereocenters. The zero-order valence-electron chi connectivity index (χ0n) is 14.6. The van der Waals surface area contributed by atoms with Crippen LogP contribution in [-0.4, -0.2) is 42.0 Å². The van der Waals surface area contributed by atoms with Gasteiger partial charge in [-0.15, -0.1) is 11.3 Å². The van der Waals surface area contributed by atoms with Gasteiger partial charge < -0.3 is 5.32 Å². The first-order chi connectivity index (χ1) is 12.8. The third-order valence-electron chi connectivity index (χ3n) is 3.79. The number of amides is 1. The number of aromatic nitrogens is 2. The quantitative estimate of drug-likeness (QED) is 0.658. The molecular formula is C17H17ClN4O3S2. The number of nitrogens with one attached hydrogen (secondary N) is 1. The fourth-order valence-electron chi connectivity index (χ4n) is 2.43. The summed E-state index contributed by atoms with van der Waals surface area (Å²) >= 11 is 6.75. The van der Waals surface area contributed by atoms with Crippen molar-refractivity contribution in [2.45, 2.75) is 11.1 Å². The summed E-state index contributed by atoms with van der Waals surface area (Å²) in [6.07, 6.45) is 1.69. The van der Waals surface area contributed by atoms with Gasteiger partial charge in [0.15, 0.2) is 0 Å². The number of benzene rings is 1. The Morgan fingerprint density at radius 3 is 2.70 bits per heavy atom. The Hall–Kier alpha value is -2.20. The molecular weight excluding hydrogens is 408 g/mol. The van der Waals surface area contributed by atoms with Gasteiger partial charge in [0, 0.05) is 24.6 Å². The fraction of sp³-hybridized carbons (Fsp3) is 0.176. The summed E-state index contributed by atoms with van der Waals surface area (Å²) in [5.74, 6) is -0.446. The number of anilines is 1. The Kier molecular flexibility index (Phi) is 5.66. The van der Waals surface area contributed by atoms with Gasteiger partial charge in [0.1, 0.15) is 4.21 Å². The number of carbonyl (C=O) groups is 1. The standard InChI is InChI=1S/C17H17ClN4O3S2/c1-12-8-9-19-22(12)14-5-3-4-13(10-14)20-16(23)11-21(2)27(24,25)17-7-6-15(18)26-17/h3-10H,11H2,1-2H3,(H,20,23). The summed E-state index contributed by atoms with van der Waals surface area (Å²) in [6.45, 7) is 1.61. The van der Waals surface area contributed by atoms with Crippen molar-refractivity contribution in [2.24, 2.45) is 0 Å². The molecule has 1 aromatic carbocycles. The average molecular weight is 425 g/mol. The number of carbonyl (C=O) groups excluding carboxylic acids is 1. The summed E-state index contributed by atoms with van der Waals surface area (Å²) in [4.78, 5) is 12.3. The summed E-state index contributed by atoms with van der Waals surface area (Å²) in [6, 6.07) is 12.0. The number of nitrogens with zero attached hydrogens (tertiary/aromatic N) is 3. The molecule has 0 fully saturated rings. The van der Waals surface area contributed by atoms with E-state index in [1.807, 2.05) is 19.1 Å². The van der Waals surface area contributed by atoms with Crippen molar-refractivity contribution in [1.29, 1.82) is 0 Å². The van der Waals surface area contributed by atoms with Crippen LogP contribution < -0.4 is 5.32 Å². The van der Waals surface area contributed by atoms with Crippen molar-refractivity contribution < 1.29 is 13.2 Å². The third-order valence-corrected chi connectivity index (χ3v) is 7.29. The minimum atomic E-state index is -3.76. The van der Waals surface area contributed by atoms with E-state index in [1.165, 1.54) is 19.2 Å². The van der Waals surface area contributed by atoms with E-state index in [2.05, 4.69) is 10.4 Å². The van der Waals surface area contributed by atoms with E-state index < -0.39 is 15.9 Å². The number of rotatable bonds is 6. The minimum absolute atomic E-state index is 0.0963. The van der Waals surface area contributed by atoms with Crippen molar-refractivity contribution >= 4 is 44.6 Å². The molecule has 0 aliphatic carbocycles. The highest BCUT2D eigenvalue weighted by Crippen LogP contribution is 2.27. The number of sulfonamides is 1. The van der Waals surface area contributed by atoms with Gasteiger partial charge in [-0.2, -0.15) is 9.40 Å². The summed E-state index contributed by atoms with van der Waals surface area (Å²) < 4.78 is 28.1. The van der Waals surface area contributed by atoms with Crippen molar-refractivity contribution in [3.63, 3.8) is 0 Å². The van der Waals surface area contributed by atoms with E-state index in [1.54, 1.807) is 29.1 Å². The molecule has 3 rings (SSSR count). The lowest BCUT2D eigenvalue weighted by Crippen LogP contribution is -2.34. The SMILES string of the molecule is Cc1ccnn1-c1cccc(NC(=O)CN(C)S(=O)(=O)c2ccc(Cl)s2)c1. The van der Waals surface area contributed by atoms with Crippen molar-refractivity contribution in [2.75, 3.05) is 18.9 Å². The molecule has 0 radical (unpaired) electrons. The van der Waals surface area contributed by atoms with Gasteiger partial charge in [-0.05, 0) is 43.3 Å². The van der Waals surface area contributed by atoms with Crippen LogP contribution >= 0.6 is 22.9 Å². The number of hydrogen-bond acceptors (Lipinski definition) is 5. The molecule has 27 heavy (non-hydrogen) atoms. The van der Waals surface area contributed by atoms with Gasteiger partial charge in [-0.3, -0.25) is 4.79 Å². The van der Waals surface area contributed by atoms with Crippen LogP contribution in [0.3, 0.4) is 0 Å². The highest BCUT2D eigenvalue weighted by Gasteiger charge is 2.24. The van der Waals surface area contributed by atoms with E-state index >= 15 is 0 Å². The predicted octanol–water partition coefficient (Wildman–Crippen LogP) is 3.15. The van der Waals surface area contributed by atoms with Crippen LogP contribution in [0.2, 0.25) is 4.34 Å². The largest absolute Gasteiger partial charge is 0.325 e. The molecule has 0 aliphatic rings. The topological polar surface area (TPSA) is 84.3 Å².